The van der Waals surface area contributed by atoms with Gasteiger partial charge in [-0.15, -0.1) is 11.3 Å². The molecule has 3 amide bonds. The first-order chi connectivity index (χ1) is 16.1. The van der Waals surface area contributed by atoms with Gasteiger partial charge < -0.3 is 14.7 Å². The van der Waals surface area contributed by atoms with E-state index in [9.17, 15) is 9.59 Å². The summed E-state index contributed by atoms with van der Waals surface area (Å²) in [6, 6.07) is 10.2. The molecule has 1 aromatic carbocycles. The number of benzene rings is 1. The van der Waals surface area contributed by atoms with E-state index in [1.54, 1.807) is 4.90 Å². The van der Waals surface area contributed by atoms with E-state index in [2.05, 4.69) is 51.4 Å². The van der Waals surface area contributed by atoms with Crippen LogP contribution >= 0.6 is 11.3 Å². The minimum atomic E-state index is -0.118. The van der Waals surface area contributed by atoms with Gasteiger partial charge in [-0.25, -0.2) is 9.78 Å². The molecule has 2 fully saturated rings. The molecular weight excluding hydrogens is 436 g/mol. The lowest BCUT2D eigenvalue weighted by Gasteiger charge is -2.34. The highest BCUT2D eigenvalue weighted by Gasteiger charge is 2.22. The molecule has 0 radical (unpaired) electrons. The molecule has 0 bridgehead atoms. The van der Waals surface area contributed by atoms with E-state index in [4.69, 9.17) is 0 Å². The van der Waals surface area contributed by atoms with Crippen molar-refractivity contribution in [2.75, 3.05) is 71.3 Å². The number of piperazine rings is 2. The molecule has 8 nitrogen and oxygen atoms in total. The monoisotopic (exact) mass is 468 g/mol. The maximum Gasteiger partial charge on any atom is 0.323 e. The molecule has 2 aromatic rings. The predicted octanol–water partition coefficient (Wildman–Crippen LogP) is 2.32. The lowest BCUT2D eigenvalue weighted by atomic mass is 10.2. The molecule has 9 heteroatoms. The highest BCUT2D eigenvalue weighted by Crippen LogP contribution is 2.18. The zero-order valence-electron chi connectivity index (χ0n) is 19.2. The maximum absolute atomic E-state index is 12.7. The highest BCUT2D eigenvalue weighted by molar-refractivity contribution is 7.13. The van der Waals surface area contributed by atoms with E-state index in [1.807, 2.05) is 28.5 Å². The number of likely N-dealkylation sites (N-methyl/N-ethyl adjacent to an activating group) is 1. The summed E-state index contributed by atoms with van der Waals surface area (Å²) in [4.78, 5) is 37.9. The number of hydrogen-bond acceptors (Lipinski definition) is 6. The predicted molar refractivity (Wildman–Crippen MR) is 132 cm³/mol. The molecular formula is C24H32N6O2S. The van der Waals surface area contributed by atoms with Gasteiger partial charge in [0.05, 0.1) is 12.1 Å². The van der Waals surface area contributed by atoms with Gasteiger partial charge in [0.2, 0.25) is 5.91 Å². The molecule has 33 heavy (non-hydrogen) atoms. The number of hydrogen-bond donors (Lipinski definition) is 1. The minimum Gasteiger partial charge on any atom is -0.340 e. The fourth-order valence-corrected chi connectivity index (χ4v) is 4.67. The molecule has 0 spiro atoms. The minimum absolute atomic E-state index is 0.0942. The number of rotatable bonds is 6. The smallest absolute Gasteiger partial charge is 0.323 e. The van der Waals surface area contributed by atoms with E-state index in [1.165, 1.54) is 16.9 Å². The van der Waals surface area contributed by atoms with Crippen LogP contribution in [0.2, 0.25) is 0 Å². The topological polar surface area (TPSA) is 72.0 Å². The molecule has 4 rings (SSSR count). The summed E-state index contributed by atoms with van der Waals surface area (Å²) in [5.74, 6) is 0.0942. The summed E-state index contributed by atoms with van der Waals surface area (Å²) in [6.45, 7) is 7.27. The Balaban J connectivity index is 1.18. The Kier molecular flexibility index (Phi) is 8.09. The number of thiazole rings is 1. The molecule has 0 unspecified atom stereocenters. The molecule has 0 atom stereocenters. The van der Waals surface area contributed by atoms with Crippen LogP contribution in [0.5, 0.6) is 0 Å². The van der Waals surface area contributed by atoms with Gasteiger partial charge in [-0.1, -0.05) is 42.5 Å². The van der Waals surface area contributed by atoms with Gasteiger partial charge in [0, 0.05) is 64.3 Å². The van der Waals surface area contributed by atoms with Gasteiger partial charge in [-0.05, 0) is 12.6 Å². The fraction of sp³-hybridized carbons (Fsp3) is 0.458. The summed E-state index contributed by atoms with van der Waals surface area (Å²) >= 11 is 1.37. The van der Waals surface area contributed by atoms with Crippen LogP contribution in [0.15, 0.2) is 41.8 Å². The van der Waals surface area contributed by atoms with Crippen LogP contribution in [-0.2, 0) is 11.2 Å². The Labute approximate surface area is 199 Å². The first-order valence-corrected chi connectivity index (χ1v) is 12.4. The number of carbonyl (C=O) groups excluding carboxylic acids is 2. The van der Waals surface area contributed by atoms with Crippen LogP contribution in [0.3, 0.4) is 0 Å². The summed E-state index contributed by atoms with van der Waals surface area (Å²) in [5.41, 5.74) is 1.92. The molecule has 0 saturated carbocycles. The standard InChI is InChI=1S/C24H32N6O2S/c1-27-10-14-30(15-11-27)24(32)26-23-25-21(19-33-23)18-22(31)29-16-12-28(13-17-29)9-5-8-20-6-3-2-4-7-20/h2-8,19H,9-18H2,1H3,(H,25,26,32)/b8-5+. The van der Waals surface area contributed by atoms with Gasteiger partial charge >= 0.3 is 6.03 Å². The number of carbonyl (C=O) groups is 2. The van der Waals surface area contributed by atoms with Crippen LogP contribution < -0.4 is 5.32 Å². The van der Waals surface area contributed by atoms with Crippen molar-refractivity contribution >= 4 is 34.5 Å². The quantitative estimate of drug-likeness (QED) is 0.705. The van der Waals surface area contributed by atoms with E-state index in [0.717, 1.165) is 45.8 Å². The zero-order chi connectivity index (χ0) is 23.0. The Bertz CT molecular complexity index is 947. The summed E-state index contributed by atoms with van der Waals surface area (Å²) in [7, 11) is 2.06. The van der Waals surface area contributed by atoms with Crippen molar-refractivity contribution in [3.05, 3.63) is 53.0 Å². The molecule has 1 N–H and O–H groups in total. The molecule has 3 heterocycles. The second kappa shape index (κ2) is 11.4. The van der Waals surface area contributed by atoms with Gasteiger partial charge in [0.1, 0.15) is 0 Å². The van der Waals surface area contributed by atoms with Gasteiger partial charge in [-0.2, -0.15) is 0 Å². The third-order valence-corrected chi connectivity index (χ3v) is 6.89. The molecule has 2 saturated heterocycles. The first-order valence-electron chi connectivity index (χ1n) is 11.5. The number of amides is 3. The van der Waals surface area contributed by atoms with E-state index < -0.39 is 0 Å². The molecule has 176 valence electrons. The van der Waals surface area contributed by atoms with Crippen molar-refractivity contribution in [2.24, 2.45) is 0 Å². The fourth-order valence-electron chi connectivity index (χ4n) is 3.97. The number of urea groups is 1. The highest BCUT2D eigenvalue weighted by atomic mass is 32.1. The molecule has 2 aliphatic rings. The van der Waals surface area contributed by atoms with Crippen LogP contribution in [0.4, 0.5) is 9.93 Å². The lowest BCUT2D eigenvalue weighted by Crippen LogP contribution is -2.49. The number of anilines is 1. The number of aromatic nitrogens is 1. The van der Waals surface area contributed by atoms with Crippen LogP contribution in [0.1, 0.15) is 11.3 Å². The average molecular weight is 469 g/mol. The largest absolute Gasteiger partial charge is 0.340 e. The first kappa shape index (κ1) is 23.4. The maximum atomic E-state index is 12.7. The van der Waals surface area contributed by atoms with Crippen molar-refractivity contribution in [3.63, 3.8) is 0 Å². The number of nitrogens with zero attached hydrogens (tertiary/aromatic N) is 5. The Morgan fingerprint density at radius 3 is 2.42 bits per heavy atom. The SMILES string of the molecule is CN1CCN(C(=O)Nc2nc(CC(=O)N3CCN(C/C=C/c4ccccc4)CC3)cs2)CC1. The molecule has 1 aromatic heterocycles. The second-order valence-corrected chi connectivity index (χ2v) is 9.39. The Morgan fingerprint density at radius 1 is 1.00 bits per heavy atom. The normalized spacial score (nSPS) is 18.1. The van der Waals surface area contributed by atoms with Crippen molar-refractivity contribution in [1.29, 1.82) is 0 Å². The summed E-state index contributed by atoms with van der Waals surface area (Å²) in [6.07, 6.45) is 4.59. The number of nitrogens with one attached hydrogen (secondary N) is 1. The zero-order valence-corrected chi connectivity index (χ0v) is 20.0. The van der Waals surface area contributed by atoms with Gasteiger partial charge in [0.25, 0.3) is 0 Å². The molecule has 0 aliphatic carbocycles. The van der Waals surface area contributed by atoms with Crippen molar-refractivity contribution < 1.29 is 9.59 Å². The third kappa shape index (κ3) is 6.86. The second-order valence-electron chi connectivity index (χ2n) is 8.54. The third-order valence-electron chi connectivity index (χ3n) is 6.09. The summed E-state index contributed by atoms with van der Waals surface area (Å²) < 4.78 is 0. The summed E-state index contributed by atoms with van der Waals surface area (Å²) in [5, 5.41) is 5.29. The van der Waals surface area contributed by atoms with Crippen molar-refractivity contribution in [3.8, 4) is 0 Å². The Morgan fingerprint density at radius 2 is 1.70 bits per heavy atom. The Hall–Kier alpha value is -2.75. The molecule has 2 aliphatic heterocycles. The van der Waals surface area contributed by atoms with Crippen LogP contribution in [0.25, 0.3) is 6.08 Å². The van der Waals surface area contributed by atoms with Crippen LogP contribution in [-0.4, -0.2) is 102 Å². The van der Waals surface area contributed by atoms with Crippen molar-refractivity contribution in [2.45, 2.75) is 6.42 Å². The van der Waals surface area contributed by atoms with E-state index in [0.29, 0.717) is 23.9 Å². The van der Waals surface area contributed by atoms with Crippen LogP contribution in [0, 0.1) is 0 Å². The lowest BCUT2D eigenvalue weighted by molar-refractivity contribution is -0.132. The van der Waals surface area contributed by atoms with E-state index >= 15 is 0 Å². The van der Waals surface area contributed by atoms with Crippen molar-refractivity contribution in [1.82, 2.24) is 24.6 Å². The van der Waals surface area contributed by atoms with Gasteiger partial charge in [0.15, 0.2) is 5.13 Å². The average Bonchev–Trinajstić information content (AvgIpc) is 3.27. The van der Waals surface area contributed by atoms with E-state index in [-0.39, 0.29) is 18.4 Å². The van der Waals surface area contributed by atoms with Gasteiger partial charge in [-0.3, -0.25) is 15.0 Å².